The number of rotatable bonds is 9. The zero-order valence-electron chi connectivity index (χ0n) is 29.9. The monoisotopic (exact) mass is 861 g/mol. The van der Waals surface area contributed by atoms with Crippen LogP contribution in [0.4, 0.5) is 45.5 Å². The van der Waals surface area contributed by atoms with E-state index >= 15 is 0 Å². The summed E-state index contributed by atoms with van der Waals surface area (Å²) in [5.74, 6) is -1.38. The van der Waals surface area contributed by atoms with Crippen LogP contribution in [-0.2, 0) is 30.4 Å². The summed E-state index contributed by atoms with van der Waals surface area (Å²) in [4.78, 5) is -2.25. The first kappa shape index (κ1) is 47.9. The van der Waals surface area contributed by atoms with E-state index in [4.69, 9.17) is 11.5 Å². The first-order chi connectivity index (χ1) is 25.3. The smallest absolute Gasteiger partial charge is 0.296 e. The van der Waals surface area contributed by atoms with Crippen LogP contribution < -0.4 is 11.5 Å². The summed E-state index contributed by atoms with van der Waals surface area (Å²) in [7, 11) is -14.6. The second kappa shape index (κ2) is 18.7. The quantitative estimate of drug-likeness (QED) is 0.0358. The summed E-state index contributed by atoms with van der Waals surface area (Å²) in [6.45, 7) is 0. The summed E-state index contributed by atoms with van der Waals surface area (Å²) >= 11 is 0. The van der Waals surface area contributed by atoms with Crippen molar-refractivity contribution < 1.29 is 49.1 Å². The molecular weight excluding hydrogens is 838 g/mol. The molecule has 0 aliphatic heterocycles. The molecule has 0 heterocycles. The van der Waals surface area contributed by atoms with Crippen LogP contribution in [0.3, 0.4) is 0 Å². The molecule has 0 fully saturated rings. The van der Waals surface area contributed by atoms with Gasteiger partial charge in [-0.3, -0.25) is 13.7 Å². The van der Waals surface area contributed by atoms with Gasteiger partial charge in [0.05, 0.1) is 27.6 Å². The SMILES string of the molecule is Nc1ccc2cc(S(=O)(=O)O)c(N=Nc3ccc(N=Nc4ccc(N=Nc5c(S(=O)(=O)O)cc6cc(S(=O)(=O)O)cc(N)c6c5O)cc4)cc3)c(O)c2c1.[Na].[Na].[Na]. The van der Waals surface area contributed by atoms with Crippen molar-refractivity contribution in [1.82, 2.24) is 0 Å². The maximum absolute atomic E-state index is 12.1. The Labute approximate surface area is 390 Å². The van der Waals surface area contributed by atoms with Crippen LogP contribution in [0.2, 0.25) is 0 Å². The fourth-order valence-corrected chi connectivity index (χ4v) is 6.96. The van der Waals surface area contributed by atoms with Crippen LogP contribution in [0.5, 0.6) is 11.5 Å². The van der Waals surface area contributed by atoms with Gasteiger partial charge in [-0.2, -0.15) is 45.7 Å². The van der Waals surface area contributed by atoms with Gasteiger partial charge >= 0.3 is 0 Å². The Hall–Kier alpha value is -3.43. The number of benzene rings is 6. The zero-order chi connectivity index (χ0) is 39.2. The maximum Gasteiger partial charge on any atom is 0.296 e. The fraction of sp³-hybridized carbons (Fsp3) is 0. The van der Waals surface area contributed by atoms with Crippen LogP contribution in [0.25, 0.3) is 21.5 Å². The van der Waals surface area contributed by atoms with Gasteiger partial charge in [0.15, 0.2) is 11.5 Å². The molecule has 0 atom stereocenters. The van der Waals surface area contributed by atoms with Gasteiger partial charge in [0.1, 0.15) is 21.2 Å². The van der Waals surface area contributed by atoms with Gasteiger partial charge in [-0.05, 0) is 95.7 Å². The van der Waals surface area contributed by atoms with Crippen molar-refractivity contribution in [2.75, 3.05) is 11.5 Å². The second-order valence-electron chi connectivity index (χ2n) is 11.3. The minimum absolute atomic E-state index is 0. The summed E-state index contributed by atoms with van der Waals surface area (Å²) in [5, 5.41) is 45.4. The predicted octanol–water partition coefficient (Wildman–Crippen LogP) is 6.41. The number of nitrogens with zero attached hydrogens (tertiary/aromatic N) is 6. The first-order valence-electron chi connectivity index (χ1n) is 14.8. The molecule has 6 aromatic rings. The molecule has 0 saturated carbocycles. The average molecular weight is 862 g/mol. The van der Waals surface area contributed by atoms with E-state index in [1.165, 1.54) is 66.7 Å². The molecule has 6 rings (SSSR count). The van der Waals surface area contributed by atoms with Crippen LogP contribution in [0, 0.1) is 0 Å². The van der Waals surface area contributed by atoms with Crippen LogP contribution in [0.15, 0.2) is 136 Å². The van der Waals surface area contributed by atoms with E-state index < -0.39 is 67.9 Å². The van der Waals surface area contributed by atoms with Crippen molar-refractivity contribution in [3.05, 3.63) is 91.0 Å². The van der Waals surface area contributed by atoms with Crippen molar-refractivity contribution in [3.63, 3.8) is 0 Å². The third kappa shape index (κ3) is 11.0. The summed E-state index contributed by atoms with van der Waals surface area (Å²) in [6.07, 6.45) is 0. The zero-order valence-corrected chi connectivity index (χ0v) is 38.4. The minimum atomic E-state index is -5.04. The number of hydrogen-bond acceptors (Lipinski definition) is 16. The largest absolute Gasteiger partial charge is 0.505 e. The number of nitrogen functional groups attached to an aromatic ring is 2. The summed E-state index contributed by atoms with van der Waals surface area (Å²) in [5.41, 5.74) is 11.5. The Balaban J connectivity index is 0.00000290. The molecule has 19 nitrogen and oxygen atoms in total. The third-order valence-electron chi connectivity index (χ3n) is 7.60. The minimum Gasteiger partial charge on any atom is -0.505 e. The molecule has 0 aliphatic carbocycles. The van der Waals surface area contributed by atoms with Gasteiger partial charge in [0.2, 0.25) is 0 Å². The number of fused-ring (bicyclic) bond motifs is 2. The van der Waals surface area contributed by atoms with Gasteiger partial charge < -0.3 is 21.7 Å². The Morgan fingerprint density at radius 3 is 1.28 bits per heavy atom. The molecule has 0 aromatic heterocycles. The molecule has 0 saturated heterocycles. The molecular formula is C32H24N8Na3O11S3. The van der Waals surface area contributed by atoms with Gasteiger partial charge in [-0.15, -0.1) is 10.2 Å². The van der Waals surface area contributed by atoms with E-state index in [1.54, 1.807) is 0 Å². The molecule has 3 radical (unpaired) electrons. The maximum atomic E-state index is 12.1. The predicted molar refractivity (Wildman–Crippen MR) is 212 cm³/mol. The van der Waals surface area contributed by atoms with E-state index in [0.717, 1.165) is 24.3 Å². The van der Waals surface area contributed by atoms with Crippen molar-refractivity contribution in [2.24, 2.45) is 30.7 Å². The van der Waals surface area contributed by atoms with E-state index in [-0.39, 0.29) is 122 Å². The Kier molecular flexibility index (Phi) is 15.7. The molecule has 0 spiro atoms. The van der Waals surface area contributed by atoms with Gasteiger partial charge in [0, 0.05) is 111 Å². The van der Waals surface area contributed by atoms with E-state index in [2.05, 4.69) is 30.7 Å². The number of nitrogens with two attached hydrogens (primary N) is 2. The summed E-state index contributed by atoms with van der Waals surface area (Å²) < 4.78 is 100. The van der Waals surface area contributed by atoms with Gasteiger partial charge in [0.25, 0.3) is 30.4 Å². The molecule has 279 valence electrons. The number of phenols is 2. The fourth-order valence-electron chi connectivity index (χ4n) is 5.09. The number of azo groups is 3. The van der Waals surface area contributed by atoms with E-state index in [1.807, 2.05) is 0 Å². The Bertz CT molecular complexity index is 2960. The molecule has 57 heavy (non-hydrogen) atoms. The Morgan fingerprint density at radius 1 is 0.456 bits per heavy atom. The topological polar surface area (TPSA) is 330 Å². The molecule has 25 heteroatoms. The molecule has 9 N–H and O–H groups in total. The van der Waals surface area contributed by atoms with E-state index in [9.17, 15) is 49.1 Å². The number of anilines is 2. The molecule has 0 unspecified atom stereocenters. The second-order valence-corrected chi connectivity index (χ2v) is 15.5. The van der Waals surface area contributed by atoms with Crippen LogP contribution in [-0.4, -0.2) is 138 Å². The van der Waals surface area contributed by atoms with Crippen molar-refractivity contribution in [2.45, 2.75) is 14.7 Å². The normalized spacial score (nSPS) is 12.2. The van der Waals surface area contributed by atoms with Crippen LogP contribution >= 0.6 is 0 Å². The van der Waals surface area contributed by atoms with Gasteiger partial charge in [-0.25, -0.2) is 0 Å². The van der Waals surface area contributed by atoms with Crippen molar-refractivity contribution in [1.29, 1.82) is 0 Å². The molecule has 6 aromatic carbocycles. The Morgan fingerprint density at radius 2 is 0.860 bits per heavy atom. The van der Waals surface area contributed by atoms with Crippen molar-refractivity contribution in [3.8, 4) is 11.5 Å². The molecule has 0 aliphatic rings. The first-order valence-corrected chi connectivity index (χ1v) is 19.1. The van der Waals surface area contributed by atoms with Crippen molar-refractivity contribution >= 4 is 186 Å². The number of phenolic OH excluding ortho intramolecular Hbond substituents is 2. The van der Waals surface area contributed by atoms with Crippen LogP contribution in [0.1, 0.15) is 0 Å². The number of aromatic hydroxyl groups is 2. The molecule has 0 amide bonds. The third-order valence-corrected chi connectivity index (χ3v) is 10.2. The molecule has 0 bridgehead atoms. The number of hydrogen-bond donors (Lipinski definition) is 7. The standard InChI is InChI=1S/C32H24N8O11S3.3Na/c33-18-2-1-16-12-26(53(46,47)48)29(31(41)24(16)14-18)39-37-21-7-3-19(4-8-21)35-36-20-5-9-22(10-6-20)38-40-30-27(54(49,50)51)13-17-11-23(52(43,44)45)15-25(34)28(17)32(30)42;;;/h1-15,41-42H,33-34H2,(H,43,44,45)(H,46,47,48)(H,49,50,51);;;. The van der Waals surface area contributed by atoms with E-state index in [0.29, 0.717) is 22.4 Å². The average Bonchev–Trinajstić information content (AvgIpc) is 3.09. The van der Waals surface area contributed by atoms with Gasteiger partial charge in [-0.1, -0.05) is 6.07 Å². The summed E-state index contributed by atoms with van der Waals surface area (Å²) in [6, 6.07) is 19.9.